The second kappa shape index (κ2) is 6.81. The Morgan fingerprint density at radius 2 is 2.00 bits per heavy atom. The molecule has 18 heavy (non-hydrogen) atoms. The van der Waals surface area contributed by atoms with Gasteiger partial charge in [0.25, 0.3) is 0 Å². The van der Waals surface area contributed by atoms with E-state index in [1.165, 1.54) is 32.1 Å². The first-order valence-corrected chi connectivity index (χ1v) is 7.03. The number of amides is 1. The minimum absolute atomic E-state index is 0.178. The van der Waals surface area contributed by atoms with Gasteiger partial charge in [0.2, 0.25) is 0 Å². The molecule has 1 N–H and O–H groups in total. The molecule has 0 aliphatic heterocycles. The van der Waals surface area contributed by atoms with Crippen LogP contribution in [-0.2, 0) is 4.74 Å². The van der Waals surface area contributed by atoms with E-state index in [0.717, 1.165) is 6.42 Å². The van der Waals surface area contributed by atoms with Crippen molar-refractivity contribution in [3.05, 3.63) is 12.7 Å². The van der Waals surface area contributed by atoms with Crippen LogP contribution in [0.2, 0.25) is 0 Å². The highest BCUT2D eigenvalue weighted by Crippen LogP contribution is 2.28. The molecular weight excluding hydrogens is 226 g/mol. The van der Waals surface area contributed by atoms with Gasteiger partial charge in [0, 0.05) is 6.04 Å². The van der Waals surface area contributed by atoms with Gasteiger partial charge in [-0.05, 0) is 46.0 Å². The minimum atomic E-state index is -0.435. The molecule has 0 radical (unpaired) electrons. The summed E-state index contributed by atoms with van der Waals surface area (Å²) in [5, 5.41) is 3.01. The molecule has 1 aliphatic rings. The predicted molar refractivity (Wildman–Crippen MR) is 74.5 cm³/mol. The number of rotatable bonds is 4. The van der Waals surface area contributed by atoms with Gasteiger partial charge in [0.15, 0.2) is 0 Å². The van der Waals surface area contributed by atoms with Gasteiger partial charge in [-0.25, -0.2) is 4.79 Å². The molecule has 1 fully saturated rings. The molecule has 0 spiro atoms. The van der Waals surface area contributed by atoms with Crippen LogP contribution in [0.1, 0.15) is 59.3 Å². The van der Waals surface area contributed by atoms with Gasteiger partial charge in [-0.15, -0.1) is 6.58 Å². The summed E-state index contributed by atoms with van der Waals surface area (Å²) in [5.74, 6) is 0.573. The SMILES string of the molecule is C=CC[C@@H](NC(=O)OC(C)(C)C)C1CCCCC1. The first-order chi connectivity index (χ1) is 8.42. The van der Waals surface area contributed by atoms with Crippen LogP contribution in [0.15, 0.2) is 12.7 Å². The molecule has 1 aliphatic carbocycles. The maximum absolute atomic E-state index is 11.8. The van der Waals surface area contributed by atoms with Crippen molar-refractivity contribution in [1.82, 2.24) is 5.32 Å². The monoisotopic (exact) mass is 253 g/mol. The Kier molecular flexibility index (Phi) is 5.70. The zero-order valence-electron chi connectivity index (χ0n) is 12.0. The molecule has 1 amide bonds. The van der Waals surface area contributed by atoms with Crippen LogP contribution >= 0.6 is 0 Å². The molecule has 0 unspecified atom stereocenters. The molecule has 3 nitrogen and oxygen atoms in total. The summed E-state index contributed by atoms with van der Waals surface area (Å²) >= 11 is 0. The molecule has 1 saturated carbocycles. The molecule has 1 atom stereocenters. The molecular formula is C15H27NO2. The Labute approximate surface area is 111 Å². The summed E-state index contributed by atoms with van der Waals surface area (Å²) in [6, 6.07) is 0.178. The number of hydrogen-bond donors (Lipinski definition) is 1. The zero-order chi connectivity index (χ0) is 13.6. The number of hydrogen-bond acceptors (Lipinski definition) is 2. The van der Waals surface area contributed by atoms with E-state index in [1.807, 2.05) is 26.8 Å². The van der Waals surface area contributed by atoms with Gasteiger partial charge in [0.05, 0.1) is 0 Å². The summed E-state index contributed by atoms with van der Waals surface area (Å²) in [6.07, 6.45) is 8.68. The molecule has 1 rings (SSSR count). The number of carbonyl (C=O) groups excluding carboxylic acids is 1. The number of alkyl carbamates (subject to hydrolysis) is 1. The fourth-order valence-electron chi connectivity index (χ4n) is 2.54. The van der Waals surface area contributed by atoms with Crippen LogP contribution in [-0.4, -0.2) is 17.7 Å². The highest BCUT2D eigenvalue weighted by atomic mass is 16.6. The quantitative estimate of drug-likeness (QED) is 0.768. The van der Waals surface area contributed by atoms with Gasteiger partial charge in [-0.1, -0.05) is 25.3 Å². The average Bonchev–Trinajstić information content (AvgIpc) is 2.27. The van der Waals surface area contributed by atoms with E-state index in [9.17, 15) is 4.79 Å². The lowest BCUT2D eigenvalue weighted by Gasteiger charge is -2.31. The summed E-state index contributed by atoms with van der Waals surface area (Å²) in [7, 11) is 0. The Hall–Kier alpha value is -0.990. The van der Waals surface area contributed by atoms with Crippen molar-refractivity contribution >= 4 is 6.09 Å². The second-order valence-corrected chi connectivity index (χ2v) is 6.18. The smallest absolute Gasteiger partial charge is 0.407 e. The van der Waals surface area contributed by atoms with Gasteiger partial charge in [0.1, 0.15) is 5.60 Å². The van der Waals surface area contributed by atoms with Gasteiger partial charge in [-0.2, -0.15) is 0 Å². The molecule has 0 aromatic heterocycles. The Morgan fingerprint density at radius 1 is 1.39 bits per heavy atom. The summed E-state index contributed by atoms with van der Waals surface area (Å²) < 4.78 is 5.32. The maximum atomic E-state index is 11.8. The predicted octanol–water partition coefficient (Wildman–Crippen LogP) is 4.04. The van der Waals surface area contributed by atoms with Crippen molar-refractivity contribution in [2.45, 2.75) is 70.9 Å². The number of carbonyl (C=O) groups is 1. The van der Waals surface area contributed by atoms with Crippen LogP contribution in [0, 0.1) is 5.92 Å². The lowest BCUT2D eigenvalue weighted by atomic mass is 9.83. The molecule has 0 aromatic carbocycles. The first-order valence-electron chi connectivity index (χ1n) is 7.03. The van der Waals surface area contributed by atoms with Crippen LogP contribution in [0.4, 0.5) is 4.79 Å². The number of nitrogens with one attached hydrogen (secondary N) is 1. The third-order valence-corrected chi connectivity index (χ3v) is 3.34. The van der Waals surface area contributed by atoms with E-state index in [0.29, 0.717) is 5.92 Å². The largest absolute Gasteiger partial charge is 0.444 e. The molecule has 104 valence electrons. The topological polar surface area (TPSA) is 38.3 Å². The number of ether oxygens (including phenoxy) is 1. The van der Waals surface area contributed by atoms with Crippen molar-refractivity contribution in [3.63, 3.8) is 0 Å². The fourth-order valence-corrected chi connectivity index (χ4v) is 2.54. The van der Waals surface area contributed by atoms with E-state index in [1.54, 1.807) is 0 Å². The fraction of sp³-hybridized carbons (Fsp3) is 0.800. The van der Waals surface area contributed by atoms with Crippen LogP contribution in [0.5, 0.6) is 0 Å². The first kappa shape index (κ1) is 15.1. The van der Waals surface area contributed by atoms with Crippen LogP contribution in [0.25, 0.3) is 0 Å². The summed E-state index contributed by atoms with van der Waals surface area (Å²) in [6.45, 7) is 9.44. The third-order valence-electron chi connectivity index (χ3n) is 3.34. The normalized spacial score (nSPS) is 19.1. The van der Waals surface area contributed by atoms with Crippen LogP contribution < -0.4 is 5.32 Å². The van der Waals surface area contributed by atoms with Crippen molar-refractivity contribution in [1.29, 1.82) is 0 Å². The third kappa shape index (κ3) is 5.56. The maximum Gasteiger partial charge on any atom is 0.407 e. The lowest BCUT2D eigenvalue weighted by molar-refractivity contribution is 0.0478. The second-order valence-electron chi connectivity index (χ2n) is 6.18. The Morgan fingerprint density at radius 3 is 2.50 bits per heavy atom. The van der Waals surface area contributed by atoms with Crippen molar-refractivity contribution in [2.75, 3.05) is 0 Å². The minimum Gasteiger partial charge on any atom is -0.444 e. The molecule has 0 aromatic rings. The summed E-state index contributed by atoms with van der Waals surface area (Å²) in [4.78, 5) is 11.8. The Balaban J connectivity index is 2.50. The van der Waals surface area contributed by atoms with E-state index >= 15 is 0 Å². The van der Waals surface area contributed by atoms with Crippen molar-refractivity contribution in [3.8, 4) is 0 Å². The Bertz CT molecular complexity index is 275. The molecule has 0 heterocycles. The van der Waals surface area contributed by atoms with E-state index in [4.69, 9.17) is 4.74 Å². The molecule has 3 heteroatoms. The highest BCUT2D eigenvalue weighted by molar-refractivity contribution is 5.68. The summed E-state index contributed by atoms with van der Waals surface area (Å²) in [5.41, 5.74) is -0.435. The van der Waals surface area contributed by atoms with Gasteiger partial charge >= 0.3 is 6.09 Å². The van der Waals surface area contributed by atoms with Gasteiger partial charge < -0.3 is 10.1 Å². The van der Waals surface area contributed by atoms with Gasteiger partial charge in [-0.3, -0.25) is 0 Å². The van der Waals surface area contributed by atoms with Crippen LogP contribution in [0.3, 0.4) is 0 Å². The lowest BCUT2D eigenvalue weighted by Crippen LogP contribution is -2.43. The molecule has 0 saturated heterocycles. The average molecular weight is 253 g/mol. The van der Waals surface area contributed by atoms with E-state index < -0.39 is 5.60 Å². The van der Waals surface area contributed by atoms with Crippen molar-refractivity contribution < 1.29 is 9.53 Å². The van der Waals surface area contributed by atoms with E-state index in [2.05, 4.69) is 11.9 Å². The van der Waals surface area contributed by atoms with E-state index in [-0.39, 0.29) is 12.1 Å². The van der Waals surface area contributed by atoms with Crippen molar-refractivity contribution in [2.24, 2.45) is 5.92 Å². The standard InChI is InChI=1S/C15H27NO2/c1-5-9-13(12-10-7-6-8-11-12)16-14(17)18-15(2,3)4/h5,12-13H,1,6-11H2,2-4H3,(H,16,17)/t13-/m1/s1. The molecule has 0 bridgehead atoms. The highest BCUT2D eigenvalue weighted by Gasteiger charge is 2.26. The zero-order valence-corrected chi connectivity index (χ0v) is 12.0.